The number of aliphatic hydroxyl groups is 1. The Morgan fingerprint density at radius 3 is 2.68 bits per heavy atom. The third kappa shape index (κ3) is 3.73. The van der Waals surface area contributed by atoms with Crippen molar-refractivity contribution in [1.29, 1.82) is 0 Å². The number of imidazole rings is 1. The van der Waals surface area contributed by atoms with Crippen molar-refractivity contribution in [3.05, 3.63) is 36.2 Å². The number of aromatic nitrogens is 3. The third-order valence-corrected chi connectivity index (χ3v) is 5.49. The summed E-state index contributed by atoms with van der Waals surface area (Å²) in [6, 6.07) is 5.40. The van der Waals surface area contributed by atoms with Gasteiger partial charge in [-0.1, -0.05) is 11.6 Å². The summed E-state index contributed by atoms with van der Waals surface area (Å²) in [6.07, 6.45) is 1.30. The number of pyridine rings is 1. The van der Waals surface area contributed by atoms with Gasteiger partial charge in [0.05, 0.1) is 25.3 Å². The fraction of sp³-hybridized carbons (Fsp3) is 0.250. The van der Waals surface area contributed by atoms with Crippen LogP contribution in [-0.2, 0) is 15.2 Å². The Bertz CT molecular complexity index is 1030. The number of methoxy groups -OCH3 is 2. The molecule has 0 saturated carbocycles. The van der Waals surface area contributed by atoms with Crippen LogP contribution in [0.1, 0.15) is 5.69 Å². The number of rotatable bonds is 7. The molecule has 0 radical (unpaired) electrons. The van der Waals surface area contributed by atoms with Crippen molar-refractivity contribution in [3.8, 4) is 17.2 Å². The fourth-order valence-electron chi connectivity index (χ4n) is 2.45. The number of alkyl halides is 3. The minimum atomic E-state index is -2.99. The van der Waals surface area contributed by atoms with Crippen molar-refractivity contribution in [1.82, 2.24) is 15.0 Å². The zero-order valence-electron chi connectivity index (χ0n) is 14.5. The minimum Gasteiger partial charge on any atom is -0.493 e. The summed E-state index contributed by atoms with van der Waals surface area (Å²) in [7, 11) is 0.340. The number of H-pyrrole nitrogens is 1. The average molecular weight is 434 g/mol. The first kappa shape index (κ1) is 20.2. The number of fused-ring (bicyclic) bond motifs is 1. The van der Waals surface area contributed by atoms with Crippen molar-refractivity contribution in [2.24, 2.45) is 0 Å². The van der Waals surface area contributed by atoms with E-state index < -0.39 is 21.8 Å². The third-order valence-electron chi connectivity index (χ3n) is 3.66. The van der Waals surface area contributed by atoms with Crippen molar-refractivity contribution >= 4 is 33.4 Å². The molecule has 2 N–H and O–H groups in total. The van der Waals surface area contributed by atoms with E-state index in [0.29, 0.717) is 5.52 Å². The second kappa shape index (κ2) is 7.86. The number of nitrogens with one attached hydrogen (secondary N) is 1. The molecule has 1 aromatic carbocycles. The highest BCUT2D eigenvalue weighted by Crippen LogP contribution is 2.41. The molecule has 0 spiro atoms. The Balaban J connectivity index is 2.01. The molecule has 28 heavy (non-hydrogen) atoms. The Kier molecular flexibility index (Phi) is 5.68. The zero-order chi connectivity index (χ0) is 20.5. The summed E-state index contributed by atoms with van der Waals surface area (Å²) in [5, 5.41) is 10.5. The Morgan fingerprint density at radius 1 is 1.29 bits per heavy atom. The van der Waals surface area contributed by atoms with E-state index in [9.17, 15) is 18.1 Å². The van der Waals surface area contributed by atoms with Gasteiger partial charge in [0.15, 0.2) is 11.5 Å². The molecule has 2 unspecified atom stereocenters. The highest BCUT2D eigenvalue weighted by atomic mass is 35.5. The normalized spacial score (nSPS) is 14.7. The van der Waals surface area contributed by atoms with Gasteiger partial charge in [0, 0.05) is 18.3 Å². The van der Waals surface area contributed by atoms with Crippen LogP contribution in [0, 0.1) is 0 Å². The summed E-state index contributed by atoms with van der Waals surface area (Å²) in [6.45, 7) is -2.99. The van der Waals surface area contributed by atoms with Crippen LogP contribution in [0.2, 0.25) is 0 Å². The highest BCUT2D eigenvalue weighted by Gasteiger charge is 2.42. The lowest BCUT2D eigenvalue weighted by Crippen LogP contribution is -2.27. The smallest absolute Gasteiger partial charge is 0.387 e. The number of hydrogen-bond donors (Lipinski definition) is 2. The van der Waals surface area contributed by atoms with Gasteiger partial charge < -0.3 is 24.3 Å². The largest absolute Gasteiger partial charge is 0.493 e. The highest BCUT2D eigenvalue weighted by molar-refractivity contribution is 7.87. The molecule has 0 fully saturated rings. The molecule has 2 aromatic heterocycles. The predicted octanol–water partition coefficient (Wildman–Crippen LogP) is 2.73. The Morgan fingerprint density at radius 2 is 2.04 bits per heavy atom. The van der Waals surface area contributed by atoms with Gasteiger partial charge in [0.25, 0.3) is 4.39 Å². The fourth-order valence-corrected chi connectivity index (χ4v) is 3.77. The van der Waals surface area contributed by atoms with Gasteiger partial charge in [-0.05, 0) is 12.1 Å². The molecule has 150 valence electrons. The van der Waals surface area contributed by atoms with Gasteiger partial charge in [0.2, 0.25) is 5.16 Å². The van der Waals surface area contributed by atoms with Crippen LogP contribution in [0.3, 0.4) is 0 Å². The first-order valence-corrected chi connectivity index (χ1v) is 9.16. The van der Waals surface area contributed by atoms with E-state index in [2.05, 4.69) is 19.7 Å². The predicted molar refractivity (Wildman–Crippen MR) is 96.2 cm³/mol. The zero-order valence-corrected chi connectivity index (χ0v) is 16.1. The molecule has 12 heteroatoms. The van der Waals surface area contributed by atoms with Gasteiger partial charge >= 0.3 is 6.61 Å². The standard InChI is InChI=1S/C16H14ClF2N3O5S/c1-25-11-5-6-20-13(12(11)26-2)16(17,23)28(24)15-21-9-4-3-8(27-14(18)19)7-10(9)22-15/h3-7,14,23H,1-2H3,(H,21,22). The van der Waals surface area contributed by atoms with Gasteiger partial charge in [-0.15, -0.1) is 0 Å². The lowest BCUT2D eigenvalue weighted by atomic mass is 10.3. The molecule has 2 heterocycles. The van der Waals surface area contributed by atoms with Crippen LogP contribution in [0.4, 0.5) is 8.78 Å². The van der Waals surface area contributed by atoms with Crippen molar-refractivity contribution in [2.45, 2.75) is 16.2 Å². The monoisotopic (exact) mass is 433 g/mol. The number of hydrogen-bond acceptors (Lipinski definition) is 7. The molecular formula is C16H14ClF2N3O5S. The van der Waals surface area contributed by atoms with Crippen molar-refractivity contribution in [2.75, 3.05) is 14.2 Å². The molecule has 0 aliphatic carbocycles. The summed E-state index contributed by atoms with van der Waals surface area (Å²) in [5.74, 6) is 0.113. The Hall–Kier alpha value is -2.50. The summed E-state index contributed by atoms with van der Waals surface area (Å²) >= 11 is 6.16. The summed E-state index contributed by atoms with van der Waals surface area (Å²) in [5.41, 5.74) is 0.332. The van der Waals surface area contributed by atoms with E-state index >= 15 is 0 Å². The topological polar surface area (TPSA) is 107 Å². The second-order valence-corrected chi connectivity index (χ2v) is 7.61. The van der Waals surface area contributed by atoms with E-state index in [0.717, 1.165) is 0 Å². The van der Waals surface area contributed by atoms with Crippen molar-refractivity contribution in [3.63, 3.8) is 0 Å². The maximum Gasteiger partial charge on any atom is 0.387 e. The lowest BCUT2D eigenvalue weighted by Gasteiger charge is -2.21. The minimum absolute atomic E-state index is 0.000388. The van der Waals surface area contributed by atoms with E-state index in [-0.39, 0.29) is 33.6 Å². The second-order valence-electron chi connectivity index (χ2n) is 5.32. The first-order valence-electron chi connectivity index (χ1n) is 7.63. The first-order chi connectivity index (χ1) is 13.3. The summed E-state index contributed by atoms with van der Waals surface area (Å²) < 4.78 is 49.7. The summed E-state index contributed by atoms with van der Waals surface area (Å²) in [4.78, 5) is 10.7. The molecule has 3 aromatic rings. The SMILES string of the molecule is COc1ccnc(C(O)(Cl)S(=O)c2nc3ccc(OC(F)F)cc3[nH]2)c1OC. The quantitative estimate of drug-likeness (QED) is 0.552. The van der Waals surface area contributed by atoms with E-state index in [1.807, 2.05) is 0 Å². The molecule has 0 bridgehead atoms. The van der Waals surface area contributed by atoms with Crippen LogP contribution in [0.5, 0.6) is 17.2 Å². The van der Waals surface area contributed by atoms with Crippen LogP contribution in [0.15, 0.2) is 35.6 Å². The number of ether oxygens (including phenoxy) is 3. The van der Waals surface area contributed by atoms with Gasteiger partial charge in [-0.2, -0.15) is 8.78 Å². The van der Waals surface area contributed by atoms with E-state index in [4.69, 9.17) is 21.1 Å². The molecule has 0 aliphatic heterocycles. The average Bonchev–Trinajstić information content (AvgIpc) is 3.09. The number of aromatic amines is 1. The number of benzene rings is 1. The molecule has 0 amide bonds. The molecule has 0 aliphatic rings. The van der Waals surface area contributed by atoms with E-state index in [1.165, 1.54) is 44.7 Å². The van der Waals surface area contributed by atoms with Crippen molar-refractivity contribution < 1.29 is 32.3 Å². The van der Waals surface area contributed by atoms with Crippen LogP contribution in [0.25, 0.3) is 11.0 Å². The molecular weight excluding hydrogens is 420 g/mol. The van der Waals surface area contributed by atoms with Crippen LogP contribution >= 0.6 is 11.6 Å². The van der Waals surface area contributed by atoms with Gasteiger partial charge in [-0.3, -0.25) is 4.98 Å². The number of halogens is 3. The molecule has 8 nitrogen and oxygen atoms in total. The lowest BCUT2D eigenvalue weighted by molar-refractivity contribution is -0.0497. The molecule has 2 atom stereocenters. The van der Waals surface area contributed by atoms with Gasteiger partial charge in [0.1, 0.15) is 22.2 Å². The maximum absolute atomic E-state index is 12.9. The van der Waals surface area contributed by atoms with Gasteiger partial charge in [-0.25, -0.2) is 9.19 Å². The van der Waals surface area contributed by atoms with Crippen LogP contribution < -0.4 is 14.2 Å². The number of nitrogens with zero attached hydrogens (tertiary/aromatic N) is 2. The molecule has 0 saturated heterocycles. The Labute approximate surface area is 164 Å². The maximum atomic E-state index is 12.9. The van der Waals surface area contributed by atoms with E-state index in [1.54, 1.807) is 0 Å². The van der Waals surface area contributed by atoms with Crippen LogP contribution in [-0.4, -0.2) is 45.1 Å². The molecule has 3 rings (SSSR count).